The molecule has 104 valence electrons. The number of hydrogen-bond acceptors (Lipinski definition) is 5. The maximum Gasteiger partial charge on any atom is 0.270 e. The standard InChI is InChI=1S/C14H15N3O2S/c1-9-2-5-12(17(18)19)6-13(9)14-16-11(8-20-14)7-15-10-3-4-10/h2,5-6,8,10,15H,3-4,7H2,1H3. The van der Waals surface area contributed by atoms with E-state index < -0.39 is 0 Å². The largest absolute Gasteiger partial charge is 0.308 e. The van der Waals surface area contributed by atoms with Crippen LogP contribution >= 0.6 is 11.3 Å². The lowest BCUT2D eigenvalue weighted by molar-refractivity contribution is -0.384. The molecule has 3 rings (SSSR count). The minimum absolute atomic E-state index is 0.110. The Balaban J connectivity index is 1.83. The van der Waals surface area contributed by atoms with Gasteiger partial charge in [0.15, 0.2) is 0 Å². The molecule has 5 nitrogen and oxygen atoms in total. The highest BCUT2D eigenvalue weighted by atomic mass is 32.1. The van der Waals surface area contributed by atoms with Gasteiger partial charge in [-0.25, -0.2) is 4.98 Å². The van der Waals surface area contributed by atoms with Crippen LogP contribution in [0.5, 0.6) is 0 Å². The summed E-state index contributed by atoms with van der Waals surface area (Å²) in [6, 6.07) is 5.56. The van der Waals surface area contributed by atoms with E-state index in [4.69, 9.17) is 0 Å². The molecule has 0 saturated heterocycles. The van der Waals surface area contributed by atoms with Gasteiger partial charge in [-0.3, -0.25) is 10.1 Å². The van der Waals surface area contributed by atoms with Gasteiger partial charge < -0.3 is 5.32 Å². The zero-order valence-corrected chi connectivity index (χ0v) is 11.9. The summed E-state index contributed by atoms with van der Waals surface area (Å²) in [6.45, 7) is 2.72. The number of benzene rings is 1. The molecule has 1 aliphatic rings. The minimum Gasteiger partial charge on any atom is -0.308 e. The van der Waals surface area contributed by atoms with Gasteiger partial charge in [0.05, 0.1) is 10.6 Å². The van der Waals surface area contributed by atoms with Crippen molar-refractivity contribution in [1.29, 1.82) is 0 Å². The van der Waals surface area contributed by atoms with Crippen LogP contribution in [0.3, 0.4) is 0 Å². The molecule has 0 radical (unpaired) electrons. The van der Waals surface area contributed by atoms with Crippen LogP contribution in [0.15, 0.2) is 23.6 Å². The Morgan fingerprint density at radius 3 is 3.00 bits per heavy atom. The highest BCUT2D eigenvalue weighted by Crippen LogP contribution is 2.30. The smallest absolute Gasteiger partial charge is 0.270 e. The molecule has 1 N–H and O–H groups in total. The van der Waals surface area contributed by atoms with Crippen molar-refractivity contribution >= 4 is 17.0 Å². The average molecular weight is 289 g/mol. The molecule has 0 unspecified atom stereocenters. The number of rotatable bonds is 5. The SMILES string of the molecule is Cc1ccc([N+](=O)[O-])cc1-c1nc(CNC2CC2)cs1. The van der Waals surface area contributed by atoms with Crippen molar-refractivity contribution in [3.8, 4) is 10.6 Å². The monoisotopic (exact) mass is 289 g/mol. The van der Waals surface area contributed by atoms with Crippen molar-refractivity contribution in [2.24, 2.45) is 0 Å². The van der Waals surface area contributed by atoms with E-state index in [-0.39, 0.29) is 10.6 Å². The van der Waals surface area contributed by atoms with E-state index in [2.05, 4.69) is 10.3 Å². The molecule has 0 atom stereocenters. The number of aryl methyl sites for hydroxylation is 1. The summed E-state index contributed by atoms with van der Waals surface area (Å²) >= 11 is 1.54. The lowest BCUT2D eigenvalue weighted by Gasteiger charge is -2.02. The Bertz CT molecular complexity index is 650. The molecule has 1 aromatic heterocycles. The summed E-state index contributed by atoms with van der Waals surface area (Å²) in [5.74, 6) is 0. The third kappa shape index (κ3) is 2.86. The molecule has 1 aliphatic carbocycles. The third-order valence-corrected chi connectivity index (χ3v) is 4.29. The first-order chi connectivity index (χ1) is 9.63. The van der Waals surface area contributed by atoms with Crippen molar-refractivity contribution in [3.63, 3.8) is 0 Å². The molecule has 1 heterocycles. The lowest BCUT2D eigenvalue weighted by atomic mass is 10.1. The average Bonchev–Trinajstić information content (AvgIpc) is 3.14. The Morgan fingerprint density at radius 1 is 1.50 bits per heavy atom. The molecule has 1 saturated carbocycles. The fraction of sp³-hybridized carbons (Fsp3) is 0.357. The van der Waals surface area contributed by atoms with Crippen molar-refractivity contribution in [1.82, 2.24) is 10.3 Å². The van der Waals surface area contributed by atoms with Crippen LogP contribution in [-0.4, -0.2) is 15.9 Å². The maximum atomic E-state index is 10.9. The molecule has 1 aromatic carbocycles. The second-order valence-electron chi connectivity index (χ2n) is 5.06. The number of nitrogens with zero attached hydrogens (tertiary/aromatic N) is 2. The summed E-state index contributed by atoms with van der Waals surface area (Å²) in [4.78, 5) is 15.1. The van der Waals surface area contributed by atoms with Gasteiger partial charge in [0, 0.05) is 35.7 Å². The molecule has 0 spiro atoms. The molecule has 0 aliphatic heterocycles. The van der Waals surface area contributed by atoms with Crippen LogP contribution < -0.4 is 5.32 Å². The predicted octanol–water partition coefficient (Wildman–Crippen LogP) is 3.28. The van der Waals surface area contributed by atoms with Gasteiger partial charge in [-0.1, -0.05) is 6.07 Å². The zero-order valence-electron chi connectivity index (χ0n) is 11.1. The predicted molar refractivity (Wildman–Crippen MR) is 78.8 cm³/mol. The second-order valence-corrected chi connectivity index (χ2v) is 5.91. The normalized spacial score (nSPS) is 14.4. The number of aromatic nitrogens is 1. The third-order valence-electron chi connectivity index (χ3n) is 3.36. The molecule has 1 fully saturated rings. The second kappa shape index (κ2) is 5.30. The summed E-state index contributed by atoms with van der Waals surface area (Å²) in [5.41, 5.74) is 2.97. The topological polar surface area (TPSA) is 68.1 Å². The molecule has 2 aromatic rings. The van der Waals surface area contributed by atoms with Crippen molar-refractivity contribution in [3.05, 3.63) is 45.0 Å². The highest BCUT2D eigenvalue weighted by Gasteiger charge is 2.20. The number of hydrogen-bond donors (Lipinski definition) is 1. The van der Waals surface area contributed by atoms with Crippen LogP contribution in [0.1, 0.15) is 24.1 Å². The van der Waals surface area contributed by atoms with E-state index >= 15 is 0 Å². The number of nitro benzene ring substituents is 1. The van der Waals surface area contributed by atoms with Crippen LogP contribution in [0.25, 0.3) is 10.6 Å². The zero-order chi connectivity index (χ0) is 14.1. The number of thiazole rings is 1. The van der Waals surface area contributed by atoms with Crippen LogP contribution in [-0.2, 0) is 6.54 Å². The fourth-order valence-corrected chi connectivity index (χ4v) is 2.90. The van der Waals surface area contributed by atoms with Gasteiger partial charge in [0.1, 0.15) is 5.01 Å². The summed E-state index contributed by atoms with van der Waals surface area (Å²) < 4.78 is 0. The van der Waals surface area contributed by atoms with E-state index in [0.29, 0.717) is 6.04 Å². The van der Waals surface area contributed by atoms with E-state index in [1.807, 2.05) is 12.3 Å². The van der Waals surface area contributed by atoms with Gasteiger partial charge in [-0.05, 0) is 25.3 Å². The van der Waals surface area contributed by atoms with Crippen LogP contribution in [0, 0.1) is 17.0 Å². The molecule has 6 heteroatoms. The molecule has 0 amide bonds. The van der Waals surface area contributed by atoms with Crippen molar-refractivity contribution in [2.75, 3.05) is 0 Å². The fourth-order valence-electron chi connectivity index (χ4n) is 2.00. The van der Waals surface area contributed by atoms with Gasteiger partial charge >= 0.3 is 0 Å². The lowest BCUT2D eigenvalue weighted by Crippen LogP contribution is -2.15. The van der Waals surface area contributed by atoms with Gasteiger partial charge in [0.25, 0.3) is 5.69 Å². The maximum absolute atomic E-state index is 10.9. The Kier molecular flexibility index (Phi) is 3.50. The van der Waals surface area contributed by atoms with E-state index in [1.165, 1.54) is 30.2 Å². The Morgan fingerprint density at radius 2 is 2.30 bits per heavy atom. The first-order valence-corrected chi connectivity index (χ1v) is 7.44. The Labute approximate surface area is 120 Å². The van der Waals surface area contributed by atoms with Gasteiger partial charge in [0.2, 0.25) is 0 Å². The molecular formula is C14H15N3O2S. The first-order valence-electron chi connectivity index (χ1n) is 6.56. The summed E-state index contributed by atoms with van der Waals surface area (Å²) in [5, 5.41) is 17.1. The van der Waals surface area contributed by atoms with Crippen LogP contribution in [0.4, 0.5) is 5.69 Å². The Hall–Kier alpha value is -1.79. The first kappa shape index (κ1) is 13.2. The highest BCUT2D eigenvalue weighted by molar-refractivity contribution is 7.13. The quantitative estimate of drug-likeness (QED) is 0.677. The number of nitrogens with one attached hydrogen (secondary N) is 1. The molecular weight excluding hydrogens is 274 g/mol. The van der Waals surface area contributed by atoms with E-state index in [9.17, 15) is 10.1 Å². The summed E-state index contributed by atoms with van der Waals surface area (Å²) in [6.07, 6.45) is 2.50. The van der Waals surface area contributed by atoms with Crippen LogP contribution in [0.2, 0.25) is 0 Å². The van der Waals surface area contributed by atoms with Gasteiger partial charge in [-0.15, -0.1) is 11.3 Å². The van der Waals surface area contributed by atoms with Crippen molar-refractivity contribution < 1.29 is 4.92 Å². The number of nitro groups is 1. The van der Waals surface area contributed by atoms with Gasteiger partial charge in [-0.2, -0.15) is 0 Å². The van der Waals surface area contributed by atoms with E-state index in [1.54, 1.807) is 12.1 Å². The van der Waals surface area contributed by atoms with Crippen molar-refractivity contribution in [2.45, 2.75) is 32.4 Å². The minimum atomic E-state index is -0.369. The summed E-state index contributed by atoms with van der Waals surface area (Å²) in [7, 11) is 0. The number of non-ortho nitro benzene ring substituents is 1. The molecule has 0 bridgehead atoms. The molecule has 20 heavy (non-hydrogen) atoms. The van der Waals surface area contributed by atoms with E-state index in [0.717, 1.165) is 28.4 Å².